The lowest BCUT2D eigenvalue weighted by Crippen LogP contribution is -2.26. The van der Waals surface area contributed by atoms with Gasteiger partial charge in [-0.3, -0.25) is 9.59 Å². The Morgan fingerprint density at radius 1 is 0.750 bits per heavy atom. The second-order valence-corrected chi connectivity index (χ2v) is 14.1. The van der Waals surface area contributed by atoms with Crippen molar-refractivity contribution in [2.24, 2.45) is 33.6 Å². The van der Waals surface area contributed by atoms with Gasteiger partial charge in [-0.25, -0.2) is 28.3 Å². The molecule has 2 saturated carbocycles. The summed E-state index contributed by atoms with van der Waals surface area (Å²) in [7, 11) is 2.87. The first-order valence-electron chi connectivity index (χ1n) is 18.0. The van der Waals surface area contributed by atoms with Crippen LogP contribution in [0.25, 0.3) is 22.1 Å². The fourth-order valence-electron chi connectivity index (χ4n) is 7.19. The number of hydrogen-bond acceptors (Lipinski definition) is 14. The number of oxime groups is 2. The Hall–Kier alpha value is -6.02. The molecule has 56 heavy (non-hydrogen) atoms. The first-order chi connectivity index (χ1) is 26.9. The van der Waals surface area contributed by atoms with Crippen LogP contribution < -0.4 is 32.1 Å². The van der Waals surface area contributed by atoms with Gasteiger partial charge in [-0.15, -0.1) is 0 Å². The largest absolute Gasteiger partial charge is 0.477 e. The van der Waals surface area contributed by atoms with E-state index in [4.69, 9.17) is 21.1 Å². The number of carbonyl (C=O) groups is 2. The number of nitrogens with zero attached hydrogens (tertiary/aromatic N) is 8. The molecule has 0 spiro atoms. The highest BCUT2D eigenvalue weighted by molar-refractivity contribution is 5.96. The molecule has 4 aliphatic rings. The molecule has 2 atom stereocenters. The zero-order chi connectivity index (χ0) is 40.0. The molecule has 0 radical (unpaired) electrons. The zero-order valence-electron chi connectivity index (χ0n) is 30.5. The van der Waals surface area contributed by atoms with Gasteiger partial charge >= 0.3 is 11.9 Å². The molecule has 0 aromatic carbocycles. The van der Waals surface area contributed by atoms with E-state index in [0.717, 1.165) is 37.8 Å². The van der Waals surface area contributed by atoms with Gasteiger partial charge in [0.25, 0.3) is 0 Å². The Morgan fingerprint density at radius 3 is 1.43 bits per heavy atom. The molecule has 8 rings (SSSR count). The second-order valence-electron chi connectivity index (χ2n) is 14.1. The van der Waals surface area contributed by atoms with Gasteiger partial charge in [-0.05, 0) is 37.8 Å². The lowest BCUT2D eigenvalue weighted by molar-refractivity contribution is 0.0684. The predicted molar refractivity (Wildman–Crippen MR) is 201 cm³/mol. The van der Waals surface area contributed by atoms with Crippen LogP contribution in [0.4, 0.5) is 20.4 Å². The molecule has 6 N–H and O–H groups in total. The molecule has 2 aliphatic heterocycles. The molecule has 6 heterocycles. The van der Waals surface area contributed by atoms with E-state index >= 15 is 0 Å². The molecule has 2 aliphatic carbocycles. The number of fused-ring (bicyclic) bond motifs is 2. The highest BCUT2D eigenvalue weighted by Gasteiger charge is 2.35. The molecule has 4 aromatic rings. The van der Waals surface area contributed by atoms with Crippen LogP contribution in [-0.2, 0) is 9.68 Å². The minimum atomic E-state index is -1.34. The fourth-order valence-corrected chi connectivity index (χ4v) is 7.19. The summed E-state index contributed by atoms with van der Waals surface area (Å²) in [6.45, 7) is 2.15. The van der Waals surface area contributed by atoms with Crippen molar-refractivity contribution in [2.45, 2.75) is 37.8 Å². The molecule has 296 valence electrons. The molecule has 4 fully saturated rings. The SMILES string of the molecule is CO/N=C1\CN(c2nc3c(cc2F)c(=O)c(C(=O)O)cn3C2CC2)CC1CN.CO/N=C1\CN(c2nc3c(cc2F)c(=O)c(C(=O)O)cn3C2CC2)CC1CN. The van der Waals surface area contributed by atoms with E-state index in [0.29, 0.717) is 50.7 Å². The Labute approximate surface area is 316 Å². The van der Waals surface area contributed by atoms with Crippen molar-refractivity contribution >= 4 is 57.1 Å². The minimum Gasteiger partial charge on any atom is -0.477 e. The average Bonchev–Trinajstić information content (AvgIpc) is 4.11. The van der Waals surface area contributed by atoms with Crippen LogP contribution in [0.5, 0.6) is 0 Å². The van der Waals surface area contributed by atoms with Crippen LogP contribution >= 0.6 is 0 Å². The smallest absolute Gasteiger partial charge is 0.341 e. The van der Waals surface area contributed by atoms with Crippen molar-refractivity contribution in [3.05, 3.63) is 67.7 Å². The van der Waals surface area contributed by atoms with Gasteiger partial charge in [0.15, 0.2) is 23.3 Å². The molecule has 2 unspecified atom stereocenters. The first-order valence-corrected chi connectivity index (χ1v) is 18.0. The topological polar surface area (TPSA) is 246 Å². The van der Waals surface area contributed by atoms with E-state index in [1.54, 1.807) is 18.9 Å². The molecule has 18 nitrogen and oxygen atoms in total. The summed E-state index contributed by atoms with van der Waals surface area (Å²) in [5.74, 6) is -4.05. The highest BCUT2D eigenvalue weighted by atomic mass is 19.1. The summed E-state index contributed by atoms with van der Waals surface area (Å²) in [6.07, 6.45) is 6.04. The van der Waals surface area contributed by atoms with E-state index < -0.39 is 34.4 Å². The summed E-state index contributed by atoms with van der Waals surface area (Å²) < 4.78 is 33.1. The monoisotopic (exact) mass is 778 g/mol. The Morgan fingerprint density at radius 2 is 1.12 bits per heavy atom. The van der Waals surface area contributed by atoms with Crippen molar-refractivity contribution in [1.29, 1.82) is 0 Å². The van der Waals surface area contributed by atoms with Gasteiger partial charge in [-0.2, -0.15) is 0 Å². The third kappa shape index (κ3) is 7.12. The van der Waals surface area contributed by atoms with Gasteiger partial charge < -0.3 is 50.3 Å². The van der Waals surface area contributed by atoms with E-state index in [2.05, 4.69) is 20.3 Å². The van der Waals surface area contributed by atoms with Crippen LogP contribution in [0.1, 0.15) is 58.5 Å². The summed E-state index contributed by atoms with van der Waals surface area (Å²) in [5, 5.41) is 26.5. The molecular formula is C36H40F2N10O8. The number of carboxylic acids is 2. The standard InChI is InChI=1S/2C18H20FN5O4/c2*1-28-22-14-8-23(6-9(14)5-20)17-13(19)4-11-15(25)12(18(26)27)7-24(10-2-3-10)16(11)21-17/h2*4,7,9-10H,2-3,5-6,8,20H2,1H3,(H,26,27)/b2*22-14+. The van der Waals surface area contributed by atoms with Gasteiger partial charge in [-0.1, -0.05) is 10.3 Å². The van der Waals surface area contributed by atoms with Gasteiger partial charge in [0.05, 0.1) is 35.3 Å². The van der Waals surface area contributed by atoms with Gasteiger partial charge in [0.1, 0.15) is 36.6 Å². The van der Waals surface area contributed by atoms with Crippen molar-refractivity contribution in [3.63, 3.8) is 0 Å². The lowest BCUT2D eigenvalue weighted by Gasteiger charge is -2.19. The van der Waals surface area contributed by atoms with E-state index in [1.807, 2.05) is 0 Å². The molecule has 4 aromatic heterocycles. The van der Waals surface area contributed by atoms with Crippen molar-refractivity contribution in [2.75, 3.05) is 63.3 Å². The maximum Gasteiger partial charge on any atom is 0.341 e. The van der Waals surface area contributed by atoms with Crippen LogP contribution in [0.15, 0.2) is 44.4 Å². The van der Waals surface area contributed by atoms with E-state index in [-0.39, 0.29) is 68.7 Å². The van der Waals surface area contributed by atoms with Crippen molar-refractivity contribution in [3.8, 4) is 0 Å². The maximum absolute atomic E-state index is 14.9. The molecule has 0 bridgehead atoms. The lowest BCUT2D eigenvalue weighted by atomic mass is 10.1. The van der Waals surface area contributed by atoms with Gasteiger partial charge in [0, 0.05) is 62.5 Å². The van der Waals surface area contributed by atoms with Crippen LogP contribution in [0.2, 0.25) is 0 Å². The number of rotatable bonds is 10. The number of hydrogen-bond donors (Lipinski definition) is 4. The molecular weight excluding hydrogens is 738 g/mol. The highest BCUT2D eigenvalue weighted by Crippen LogP contribution is 2.38. The molecule has 0 amide bonds. The average molecular weight is 779 g/mol. The van der Waals surface area contributed by atoms with Crippen molar-refractivity contribution < 1.29 is 38.3 Å². The predicted octanol–water partition coefficient (Wildman–Crippen LogP) is 1.93. The normalized spacial score (nSPS) is 20.9. The number of aromatic nitrogens is 4. The number of anilines is 2. The number of pyridine rings is 4. The second kappa shape index (κ2) is 15.3. The third-order valence-corrected chi connectivity index (χ3v) is 10.3. The molecule has 20 heteroatoms. The zero-order valence-corrected chi connectivity index (χ0v) is 30.5. The van der Waals surface area contributed by atoms with Crippen LogP contribution in [-0.4, -0.2) is 106 Å². The fraction of sp³-hybridized carbons (Fsp3) is 0.444. The van der Waals surface area contributed by atoms with Crippen LogP contribution in [0.3, 0.4) is 0 Å². The third-order valence-electron chi connectivity index (χ3n) is 10.3. The Kier molecular flexibility index (Phi) is 10.4. The Bertz CT molecular complexity index is 2260. The summed E-state index contributed by atoms with van der Waals surface area (Å²) in [4.78, 5) is 69.8. The summed E-state index contributed by atoms with van der Waals surface area (Å²) in [6, 6.07) is 2.28. The van der Waals surface area contributed by atoms with Gasteiger partial charge in [0.2, 0.25) is 10.9 Å². The van der Waals surface area contributed by atoms with Crippen LogP contribution in [0, 0.1) is 23.5 Å². The Balaban J connectivity index is 0.000000172. The number of halogens is 2. The number of carboxylic acid groups (broad SMARTS) is 2. The first kappa shape index (κ1) is 38.3. The summed E-state index contributed by atoms with van der Waals surface area (Å²) in [5.41, 5.74) is 11.3. The van der Waals surface area contributed by atoms with E-state index in [9.17, 15) is 38.2 Å². The summed E-state index contributed by atoms with van der Waals surface area (Å²) >= 11 is 0. The minimum absolute atomic E-state index is 0.0339. The van der Waals surface area contributed by atoms with Crippen molar-refractivity contribution in [1.82, 2.24) is 19.1 Å². The quantitative estimate of drug-likeness (QED) is 0.168. The molecule has 2 saturated heterocycles. The maximum atomic E-state index is 14.9. The number of nitrogens with two attached hydrogens (primary N) is 2. The van der Waals surface area contributed by atoms with E-state index in [1.165, 1.54) is 26.6 Å². The number of aromatic carboxylic acids is 2.